The van der Waals surface area contributed by atoms with E-state index < -0.39 is 0 Å². The molecule has 0 bridgehead atoms. The fraction of sp³-hybridized carbons (Fsp3) is 0.211. The molecule has 0 saturated heterocycles. The average molecular weight is 319 g/mol. The van der Waals surface area contributed by atoms with Crippen molar-refractivity contribution < 1.29 is 0 Å². The summed E-state index contributed by atoms with van der Waals surface area (Å²) in [5.74, 6) is 1.73. The Labute approximate surface area is 142 Å². The number of aromatic nitrogens is 3. The molecule has 0 fully saturated rings. The number of nitrogens with zero attached hydrogens (tertiary/aromatic N) is 4. The van der Waals surface area contributed by atoms with Crippen LogP contribution in [0.15, 0.2) is 60.8 Å². The molecule has 2 aromatic carbocycles. The molecule has 0 aliphatic carbocycles. The highest BCUT2D eigenvalue weighted by atomic mass is 15.3. The number of rotatable bonds is 5. The van der Waals surface area contributed by atoms with E-state index in [1.54, 1.807) is 6.20 Å². The third-order valence-electron chi connectivity index (χ3n) is 3.87. The van der Waals surface area contributed by atoms with Gasteiger partial charge in [0.1, 0.15) is 0 Å². The number of hydrogen-bond acceptors (Lipinski definition) is 5. The van der Waals surface area contributed by atoms with Crippen LogP contribution in [0, 0.1) is 0 Å². The van der Waals surface area contributed by atoms with Gasteiger partial charge in [-0.2, -0.15) is 10.1 Å². The molecular formula is C19H21N5. The van der Waals surface area contributed by atoms with Crippen molar-refractivity contribution in [3.8, 4) is 0 Å². The summed E-state index contributed by atoms with van der Waals surface area (Å²) in [6.07, 6.45) is 1.65. The molecule has 0 aliphatic rings. The van der Waals surface area contributed by atoms with E-state index in [-0.39, 0.29) is 0 Å². The largest absolute Gasteiger partial charge is 0.328 e. The Kier molecular flexibility index (Phi) is 4.70. The van der Waals surface area contributed by atoms with E-state index in [1.807, 2.05) is 54.4 Å². The molecule has 0 radical (unpaired) electrons. The van der Waals surface area contributed by atoms with Gasteiger partial charge in [0.15, 0.2) is 5.82 Å². The van der Waals surface area contributed by atoms with Crippen molar-refractivity contribution in [1.82, 2.24) is 15.2 Å². The van der Waals surface area contributed by atoms with Crippen LogP contribution in [-0.4, -0.2) is 22.2 Å². The maximum Gasteiger partial charge on any atom is 0.249 e. The monoisotopic (exact) mass is 319 g/mol. The Bertz CT molecular complexity index is 784. The van der Waals surface area contributed by atoms with Gasteiger partial charge in [0, 0.05) is 18.4 Å². The molecule has 0 atom stereocenters. The number of anilines is 4. The molecule has 0 unspecified atom stereocenters. The van der Waals surface area contributed by atoms with E-state index in [0.717, 1.165) is 17.2 Å². The Hall–Kier alpha value is -2.95. The Morgan fingerprint density at radius 2 is 1.67 bits per heavy atom. The summed E-state index contributed by atoms with van der Waals surface area (Å²) in [4.78, 5) is 6.52. The van der Waals surface area contributed by atoms with Gasteiger partial charge < -0.3 is 10.2 Å². The van der Waals surface area contributed by atoms with E-state index >= 15 is 0 Å². The van der Waals surface area contributed by atoms with Crippen molar-refractivity contribution in [2.45, 2.75) is 19.8 Å². The summed E-state index contributed by atoms with van der Waals surface area (Å²) in [5, 5.41) is 11.3. The molecule has 1 heterocycles. The van der Waals surface area contributed by atoms with Crippen molar-refractivity contribution in [3.05, 3.63) is 66.4 Å². The maximum atomic E-state index is 4.54. The van der Waals surface area contributed by atoms with Gasteiger partial charge in [-0.1, -0.05) is 44.2 Å². The van der Waals surface area contributed by atoms with Crippen LogP contribution >= 0.6 is 0 Å². The second-order valence-electron chi connectivity index (χ2n) is 5.93. The summed E-state index contributed by atoms with van der Waals surface area (Å²) >= 11 is 0. The molecule has 1 N–H and O–H groups in total. The Morgan fingerprint density at radius 1 is 0.958 bits per heavy atom. The van der Waals surface area contributed by atoms with Gasteiger partial charge in [-0.15, -0.1) is 5.10 Å². The predicted molar refractivity (Wildman–Crippen MR) is 98.1 cm³/mol. The number of para-hydroxylation sites is 1. The molecule has 0 spiro atoms. The smallest absolute Gasteiger partial charge is 0.249 e. The molecule has 0 saturated carbocycles. The third kappa shape index (κ3) is 3.68. The summed E-state index contributed by atoms with van der Waals surface area (Å²) < 4.78 is 0. The van der Waals surface area contributed by atoms with Crippen LogP contribution < -0.4 is 10.2 Å². The van der Waals surface area contributed by atoms with Gasteiger partial charge in [-0.05, 0) is 35.7 Å². The molecule has 0 amide bonds. The highest BCUT2D eigenvalue weighted by molar-refractivity contribution is 5.60. The first-order valence-electron chi connectivity index (χ1n) is 7.99. The molecule has 5 heteroatoms. The van der Waals surface area contributed by atoms with Crippen LogP contribution in [0.25, 0.3) is 0 Å². The van der Waals surface area contributed by atoms with Crippen LogP contribution in [0.4, 0.5) is 23.1 Å². The Morgan fingerprint density at radius 3 is 2.33 bits per heavy atom. The van der Waals surface area contributed by atoms with Gasteiger partial charge in [-0.3, -0.25) is 0 Å². The summed E-state index contributed by atoms with van der Waals surface area (Å²) in [7, 11) is 1.96. The van der Waals surface area contributed by atoms with E-state index in [2.05, 4.69) is 46.5 Å². The van der Waals surface area contributed by atoms with Crippen molar-refractivity contribution in [2.75, 3.05) is 17.3 Å². The standard InChI is InChI=1S/C19H21N5/c1-14(2)15-9-11-16(12-10-15)21-19-22-18(13-20-23-19)24(3)17-7-5-4-6-8-17/h4-14H,1-3H3,(H,21,22,23). The summed E-state index contributed by atoms with van der Waals surface area (Å²) in [5.41, 5.74) is 3.29. The van der Waals surface area contributed by atoms with Crippen LogP contribution in [0.5, 0.6) is 0 Å². The second kappa shape index (κ2) is 7.08. The van der Waals surface area contributed by atoms with Crippen molar-refractivity contribution in [2.24, 2.45) is 0 Å². The second-order valence-corrected chi connectivity index (χ2v) is 5.93. The van der Waals surface area contributed by atoms with Gasteiger partial charge in [0.05, 0.1) is 6.20 Å². The topological polar surface area (TPSA) is 53.9 Å². The average Bonchev–Trinajstić information content (AvgIpc) is 2.62. The zero-order valence-corrected chi connectivity index (χ0v) is 14.1. The zero-order valence-electron chi connectivity index (χ0n) is 14.1. The highest BCUT2D eigenvalue weighted by Crippen LogP contribution is 2.22. The van der Waals surface area contributed by atoms with E-state index in [4.69, 9.17) is 0 Å². The normalized spacial score (nSPS) is 10.7. The molecule has 3 rings (SSSR count). The summed E-state index contributed by atoms with van der Waals surface area (Å²) in [6, 6.07) is 18.3. The molecular weight excluding hydrogens is 298 g/mol. The predicted octanol–water partition coefficient (Wildman–Crippen LogP) is 4.51. The fourth-order valence-corrected chi connectivity index (χ4v) is 2.37. The van der Waals surface area contributed by atoms with Crippen LogP contribution in [-0.2, 0) is 0 Å². The summed E-state index contributed by atoms with van der Waals surface area (Å²) in [6.45, 7) is 4.36. The van der Waals surface area contributed by atoms with E-state index in [0.29, 0.717) is 11.9 Å². The lowest BCUT2D eigenvalue weighted by molar-refractivity contribution is 0.867. The lowest BCUT2D eigenvalue weighted by atomic mass is 10.0. The maximum absolute atomic E-state index is 4.54. The van der Waals surface area contributed by atoms with Crippen LogP contribution in [0.1, 0.15) is 25.3 Å². The highest BCUT2D eigenvalue weighted by Gasteiger charge is 2.08. The molecule has 1 aromatic heterocycles. The van der Waals surface area contributed by atoms with Crippen LogP contribution in [0.3, 0.4) is 0 Å². The number of nitrogens with one attached hydrogen (secondary N) is 1. The molecule has 0 aliphatic heterocycles. The van der Waals surface area contributed by atoms with Gasteiger partial charge in [0.25, 0.3) is 0 Å². The van der Waals surface area contributed by atoms with E-state index in [9.17, 15) is 0 Å². The van der Waals surface area contributed by atoms with Crippen molar-refractivity contribution in [3.63, 3.8) is 0 Å². The first-order valence-corrected chi connectivity index (χ1v) is 7.99. The van der Waals surface area contributed by atoms with Crippen molar-refractivity contribution >= 4 is 23.1 Å². The molecule has 122 valence electrons. The lowest BCUT2D eigenvalue weighted by Crippen LogP contribution is -2.13. The third-order valence-corrected chi connectivity index (χ3v) is 3.87. The van der Waals surface area contributed by atoms with Crippen molar-refractivity contribution in [1.29, 1.82) is 0 Å². The first-order chi connectivity index (χ1) is 11.6. The molecule has 3 aromatic rings. The minimum absolute atomic E-state index is 0.479. The van der Waals surface area contributed by atoms with Gasteiger partial charge >= 0.3 is 0 Å². The molecule has 5 nitrogen and oxygen atoms in total. The first kappa shape index (κ1) is 15.9. The minimum Gasteiger partial charge on any atom is -0.328 e. The number of hydrogen-bond donors (Lipinski definition) is 1. The van der Waals surface area contributed by atoms with Gasteiger partial charge in [0.2, 0.25) is 5.95 Å². The van der Waals surface area contributed by atoms with E-state index in [1.165, 1.54) is 5.56 Å². The molecule has 24 heavy (non-hydrogen) atoms. The minimum atomic E-state index is 0.479. The quantitative estimate of drug-likeness (QED) is 0.750. The zero-order chi connectivity index (χ0) is 16.9. The fourth-order valence-electron chi connectivity index (χ4n) is 2.37. The Balaban J connectivity index is 1.78. The SMILES string of the molecule is CC(C)c1ccc(Nc2nncc(N(C)c3ccccc3)n2)cc1. The van der Waals surface area contributed by atoms with Gasteiger partial charge in [-0.25, -0.2) is 0 Å². The van der Waals surface area contributed by atoms with Crippen LogP contribution in [0.2, 0.25) is 0 Å². The lowest BCUT2D eigenvalue weighted by Gasteiger charge is -2.18. The number of benzene rings is 2.